The summed E-state index contributed by atoms with van der Waals surface area (Å²) >= 11 is 6.03. The highest BCUT2D eigenvalue weighted by atomic mass is 35.5. The van der Waals surface area contributed by atoms with Crippen molar-refractivity contribution in [2.75, 3.05) is 13.2 Å². The maximum Gasteiger partial charge on any atom is 0.374 e. The molecule has 6 nitrogen and oxygen atoms in total. The molecule has 0 saturated heterocycles. The van der Waals surface area contributed by atoms with Gasteiger partial charge in [0.05, 0.1) is 23.1 Å². The van der Waals surface area contributed by atoms with Crippen molar-refractivity contribution in [1.82, 2.24) is 0 Å². The first-order valence-electron chi connectivity index (χ1n) is 6.67. The number of carbonyl (C=O) groups excluding carboxylic acids is 1. The fourth-order valence-corrected chi connectivity index (χ4v) is 2.00. The van der Waals surface area contributed by atoms with Crippen molar-refractivity contribution >= 4 is 28.5 Å². The molecule has 1 aromatic carbocycles. The molecule has 0 aliphatic heterocycles. The van der Waals surface area contributed by atoms with Crippen LogP contribution in [0.1, 0.15) is 24.4 Å². The second-order valence-electron chi connectivity index (χ2n) is 4.63. The number of ether oxygens (including phenoxy) is 2. The molecule has 1 heterocycles. The van der Waals surface area contributed by atoms with Crippen LogP contribution in [0.4, 0.5) is 0 Å². The van der Waals surface area contributed by atoms with Crippen LogP contribution in [0.2, 0.25) is 5.02 Å². The quantitative estimate of drug-likeness (QED) is 0.849. The zero-order valence-corrected chi connectivity index (χ0v) is 12.8. The molecule has 0 fully saturated rings. The summed E-state index contributed by atoms with van der Waals surface area (Å²) < 4.78 is 15.5. The van der Waals surface area contributed by atoms with Crippen LogP contribution in [0.15, 0.2) is 27.4 Å². The summed E-state index contributed by atoms with van der Waals surface area (Å²) in [6.07, 6.45) is -0.676. The number of esters is 1. The molecule has 7 heteroatoms. The fourth-order valence-electron chi connectivity index (χ4n) is 1.78. The van der Waals surface area contributed by atoms with Gasteiger partial charge in [0.1, 0.15) is 17.9 Å². The van der Waals surface area contributed by atoms with E-state index < -0.39 is 17.5 Å². The molecule has 0 saturated carbocycles. The van der Waals surface area contributed by atoms with Crippen LogP contribution < -0.4 is 10.2 Å². The van der Waals surface area contributed by atoms with E-state index in [1.54, 1.807) is 13.8 Å². The zero-order valence-electron chi connectivity index (χ0n) is 12.1. The SMILES string of the molecule is CCOC(=O)c1cc(=O)c2cc(Cl)c(OCC(C)O)cc2o1. The molecular weight excluding hydrogens is 312 g/mol. The first kappa shape index (κ1) is 16.3. The summed E-state index contributed by atoms with van der Waals surface area (Å²) in [6, 6.07) is 3.87. The van der Waals surface area contributed by atoms with E-state index >= 15 is 0 Å². The van der Waals surface area contributed by atoms with Gasteiger partial charge < -0.3 is 19.0 Å². The standard InChI is InChI=1S/C15H15ClO6/c1-3-20-15(19)14-5-11(18)9-4-10(16)13(6-12(9)22-14)21-7-8(2)17/h4-6,8,17H,3,7H2,1-2H3. The third-order valence-corrected chi connectivity index (χ3v) is 3.03. The summed E-state index contributed by atoms with van der Waals surface area (Å²) in [5, 5.41) is 9.67. The lowest BCUT2D eigenvalue weighted by atomic mass is 10.2. The van der Waals surface area contributed by atoms with E-state index in [1.165, 1.54) is 12.1 Å². The summed E-state index contributed by atoms with van der Waals surface area (Å²) in [5.41, 5.74) is -0.256. The smallest absolute Gasteiger partial charge is 0.374 e. The molecule has 1 atom stereocenters. The van der Waals surface area contributed by atoms with E-state index in [4.69, 9.17) is 25.5 Å². The number of hydrogen-bond donors (Lipinski definition) is 1. The zero-order chi connectivity index (χ0) is 16.3. The molecule has 2 rings (SSSR count). The fraction of sp³-hybridized carbons (Fsp3) is 0.333. The molecular formula is C15H15ClO6. The van der Waals surface area contributed by atoms with Gasteiger partial charge in [-0.25, -0.2) is 4.79 Å². The molecule has 2 aromatic rings. The Bertz CT molecular complexity index is 750. The van der Waals surface area contributed by atoms with Gasteiger partial charge in [0.15, 0.2) is 5.43 Å². The number of aliphatic hydroxyl groups is 1. The molecule has 0 aliphatic carbocycles. The van der Waals surface area contributed by atoms with Crippen LogP contribution in [0, 0.1) is 0 Å². The van der Waals surface area contributed by atoms with Crippen LogP contribution in [0.3, 0.4) is 0 Å². The Hall–Kier alpha value is -2.05. The van der Waals surface area contributed by atoms with Gasteiger partial charge in [-0.3, -0.25) is 4.79 Å². The van der Waals surface area contributed by atoms with Gasteiger partial charge in [-0.1, -0.05) is 11.6 Å². The number of aliphatic hydroxyl groups excluding tert-OH is 1. The maximum absolute atomic E-state index is 12.0. The highest BCUT2D eigenvalue weighted by Crippen LogP contribution is 2.29. The molecule has 22 heavy (non-hydrogen) atoms. The summed E-state index contributed by atoms with van der Waals surface area (Å²) in [4.78, 5) is 23.7. The second-order valence-corrected chi connectivity index (χ2v) is 5.04. The van der Waals surface area contributed by atoms with Crippen LogP contribution in [-0.4, -0.2) is 30.4 Å². The largest absolute Gasteiger partial charge is 0.489 e. The molecule has 0 aliphatic rings. The molecule has 0 bridgehead atoms. The number of carbonyl (C=O) groups is 1. The number of fused-ring (bicyclic) bond motifs is 1. The number of benzene rings is 1. The van der Waals surface area contributed by atoms with Crippen LogP contribution >= 0.6 is 11.6 Å². The lowest BCUT2D eigenvalue weighted by Crippen LogP contribution is -2.13. The number of rotatable bonds is 5. The van der Waals surface area contributed by atoms with Crippen molar-refractivity contribution in [2.24, 2.45) is 0 Å². The summed E-state index contributed by atoms with van der Waals surface area (Å²) in [6.45, 7) is 3.42. The van der Waals surface area contributed by atoms with Gasteiger partial charge in [-0.2, -0.15) is 0 Å². The highest BCUT2D eigenvalue weighted by Gasteiger charge is 2.15. The van der Waals surface area contributed by atoms with Crippen molar-refractivity contribution in [3.05, 3.63) is 39.2 Å². The highest BCUT2D eigenvalue weighted by molar-refractivity contribution is 6.32. The van der Waals surface area contributed by atoms with Gasteiger partial charge in [0.2, 0.25) is 5.76 Å². The first-order chi connectivity index (χ1) is 10.4. The normalized spacial score (nSPS) is 12.2. The van der Waals surface area contributed by atoms with Crippen molar-refractivity contribution in [2.45, 2.75) is 20.0 Å². The third kappa shape index (κ3) is 3.58. The van der Waals surface area contributed by atoms with Crippen molar-refractivity contribution < 1.29 is 23.8 Å². The van der Waals surface area contributed by atoms with Crippen molar-refractivity contribution in [1.29, 1.82) is 0 Å². The minimum absolute atomic E-state index is 0.0347. The Balaban J connectivity index is 2.48. The molecule has 118 valence electrons. The molecule has 1 unspecified atom stereocenters. The van der Waals surface area contributed by atoms with E-state index in [1.807, 2.05) is 0 Å². The summed E-state index contributed by atoms with van der Waals surface area (Å²) in [5.74, 6) is -0.662. The van der Waals surface area contributed by atoms with E-state index in [0.29, 0.717) is 0 Å². The average molecular weight is 327 g/mol. The maximum atomic E-state index is 12.0. The Labute approximate surface area is 131 Å². The minimum atomic E-state index is -0.720. The number of hydrogen-bond acceptors (Lipinski definition) is 6. The Morgan fingerprint density at radius 2 is 2.14 bits per heavy atom. The van der Waals surface area contributed by atoms with E-state index in [2.05, 4.69) is 0 Å². The molecule has 0 amide bonds. The molecule has 0 spiro atoms. The first-order valence-corrected chi connectivity index (χ1v) is 7.05. The van der Waals surface area contributed by atoms with Gasteiger partial charge in [-0.15, -0.1) is 0 Å². The lowest BCUT2D eigenvalue weighted by Gasteiger charge is -2.10. The van der Waals surface area contributed by atoms with Gasteiger partial charge in [0, 0.05) is 12.1 Å². The predicted molar refractivity (Wildman–Crippen MR) is 80.6 cm³/mol. The number of halogens is 1. The van der Waals surface area contributed by atoms with Gasteiger partial charge >= 0.3 is 5.97 Å². The molecule has 0 radical (unpaired) electrons. The average Bonchev–Trinajstić information content (AvgIpc) is 2.46. The topological polar surface area (TPSA) is 86.0 Å². The van der Waals surface area contributed by atoms with Crippen LogP contribution in [0.25, 0.3) is 11.0 Å². The van der Waals surface area contributed by atoms with Crippen molar-refractivity contribution in [3.8, 4) is 5.75 Å². The van der Waals surface area contributed by atoms with Crippen LogP contribution in [-0.2, 0) is 4.74 Å². The lowest BCUT2D eigenvalue weighted by molar-refractivity contribution is 0.0490. The third-order valence-electron chi connectivity index (χ3n) is 2.74. The Morgan fingerprint density at radius 1 is 1.41 bits per heavy atom. The summed E-state index contributed by atoms with van der Waals surface area (Å²) in [7, 11) is 0. The van der Waals surface area contributed by atoms with E-state index in [-0.39, 0.29) is 40.7 Å². The van der Waals surface area contributed by atoms with Crippen molar-refractivity contribution in [3.63, 3.8) is 0 Å². The molecule has 1 N–H and O–H groups in total. The van der Waals surface area contributed by atoms with E-state index in [9.17, 15) is 14.7 Å². The predicted octanol–water partition coefficient (Wildman–Crippen LogP) is 2.38. The van der Waals surface area contributed by atoms with Gasteiger partial charge in [0.25, 0.3) is 0 Å². The van der Waals surface area contributed by atoms with Gasteiger partial charge in [-0.05, 0) is 19.9 Å². The Kier molecular flexibility index (Phi) is 5.05. The van der Waals surface area contributed by atoms with Crippen LogP contribution in [0.5, 0.6) is 5.75 Å². The Morgan fingerprint density at radius 3 is 2.77 bits per heavy atom. The monoisotopic (exact) mass is 326 g/mol. The second kappa shape index (κ2) is 6.81. The van der Waals surface area contributed by atoms with E-state index in [0.717, 1.165) is 6.07 Å². The molecule has 1 aromatic heterocycles. The minimum Gasteiger partial charge on any atom is -0.489 e.